The first-order valence-electron chi connectivity index (χ1n) is 7.29. The molecule has 0 saturated heterocycles. The number of hydrogen-bond acceptors (Lipinski definition) is 4. The molecule has 0 fully saturated rings. The molecule has 2 aliphatic rings. The summed E-state index contributed by atoms with van der Waals surface area (Å²) in [6, 6.07) is 0. The Labute approximate surface area is 125 Å². The van der Waals surface area contributed by atoms with Gasteiger partial charge in [0.2, 0.25) is 0 Å². The number of carbonyl (C=O) groups excluding carboxylic acids is 1. The van der Waals surface area contributed by atoms with Crippen LogP contribution in [0.5, 0.6) is 0 Å². The van der Waals surface area contributed by atoms with E-state index in [1.807, 2.05) is 25.7 Å². The highest BCUT2D eigenvalue weighted by atomic mass is 32.2. The Morgan fingerprint density at radius 1 is 1.20 bits per heavy atom. The lowest BCUT2D eigenvalue weighted by Crippen LogP contribution is -2.37. The Balaban J connectivity index is 1.98. The van der Waals surface area contributed by atoms with Crippen molar-refractivity contribution in [3.8, 4) is 0 Å². The summed E-state index contributed by atoms with van der Waals surface area (Å²) in [5, 5.41) is 8.66. The summed E-state index contributed by atoms with van der Waals surface area (Å²) >= 11 is 1.62. The molecule has 0 bridgehead atoms. The predicted molar refractivity (Wildman–Crippen MR) is 83.2 cm³/mol. The third-order valence-corrected chi connectivity index (χ3v) is 4.66. The van der Waals surface area contributed by atoms with Gasteiger partial charge in [0, 0.05) is 13.1 Å². The maximum absolute atomic E-state index is 12.1. The fourth-order valence-corrected chi connectivity index (χ4v) is 3.58. The number of thioether (sulfide) groups is 1. The van der Waals surface area contributed by atoms with Crippen LogP contribution in [-0.2, 0) is 4.74 Å². The maximum Gasteiger partial charge on any atom is 0.410 e. The zero-order valence-electron chi connectivity index (χ0n) is 12.6. The predicted octanol–water partition coefficient (Wildman–Crippen LogP) is 4.17. The van der Waals surface area contributed by atoms with Crippen LogP contribution in [-0.4, -0.2) is 34.7 Å². The second-order valence-corrected chi connectivity index (χ2v) is 7.56. The van der Waals surface area contributed by atoms with Gasteiger partial charge in [-0.1, -0.05) is 17.3 Å². The molecule has 2 rings (SSSR count). The molecule has 0 aromatic carbocycles. The molecular formula is C15H24N2O2S. The minimum Gasteiger partial charge on any atom is -0.444 e. The molecular weight excluding hydrogens is 272 g/mol. The Bertz CT molecular complexity index is 438. The normalized spacial score (nSPS) is 21.1. The van der Waals surface area contributed by atoms with Crippen LogP contribution in [0.25, 0.3) is 0 Å². The van der Waals surface area contributed by atoms with Crippen LogP contribution < -0.4 is 0 Å². The van der Waals surface area contributed by atoms with E-state index in [4.69, 9.17) is 10.1 Å². The smallest absolute Gasteiger partial charge is 0.410 e. The van der Waals surface area contributed by atoms with Gasteiger partial charge < -0.3 is 9.64 Å². The Hall–Kier alpha value is -0.970. The standard InChI is InChI=1S/C15H24N2O2S/c1-15(2,3)19-14(18)17-9-7-11-5-4-6-13(16)20-12(11)8-10-17/h16H,4-10H2,1-3H3. The van der Waals surface area contributed by atoms with Crippen LogP contribution in [0.2, 0.25) is 0 Å². The van der Waals surface area contributed by atoms with Crippen LogP contribution in [0, 0.1) is 5.41 Å². The number of amides is 1. The Morgan fingerprint density at radius 3 is 2.60 bits per heavy atom. The van der Waals surface area contributed by atoms with Crippen molar-refractivity contribution in [1.29, 1.82) is 5.41 Å². The van der Waals surface area contributed by atoms with Crippen molar-refractivity contribution in [2.45, 2.75) is 58.5 Å². The summed E-state index contributed by atoms with van der Waals surface area (Å²) in [5.41, 5.74) is 1.01. The van der Waals surface area contributed by atoms with E-state index in [-0.39, 0.29) is 6.09 Å². The van der Waals surface area contributed by atoms with Crippen LogP contribution in [0.3, 0.4) is 0 Å². The van der Waals surface area contributed by atoms with E-state index in [0.717, 1.165) is 43.7 Å². The van der Waals surface area contributed by atoms with E-state index in [1.165, 1.54) is 10.5 Å². The molecule has 0 spiro atoms. The van der Waals surface area contributed by atoms with E-state index in [1.54, 1.807) is 11.8 Å². The summed E-state index contributed by atoms with van der Waals surface area (Å²) in [6.07, 6.45) is 4.61. The molecule has 0 radical (unpaired) electrons. The van der Waals surface area contributed by atoms with Crippen molar-refractivity contribution in [2.75, 3.05) is 13.1 Å². The van der Waals surface area contributed by atoms with Crippen LogP contribution in [0.15, 0.2) is 10.5 Å². The molecule has 112 valence electrons. The first kappa shape index (κ1) is 15.4. The summed E-state index contributed by atoms with van der Waals surface area (Å²) < 4.78 is 5.45. The molecule has 1 amide bonds. The molecule has 0 aromatic rings. The number of carbonyl (C=O) groups is 1. The molecule has 2 heterocycles. The van der Waals surface area contributed by atoms with Gasteiger partial charge in [-0.05, 0) is 57.8 Å². The average molecular weight is 296 g/mol. The molecule has 0 saturated carbocycles. The van der Waals surface area contributed by atoms with Gasteiger partial charge in [0.05, 0.1) is 5.04 Å². The Kier molecular flexibility index (Phi) is 4.78. The number of ether oxygens (including phenoxy) is 1. The van der Waals surface area contributed by atoms with Gasteiger partial charge in [0.1, 0.15) is 5.60 Å². The largest absolute Gasteiger partial charge is 0.444 e. The highest BCUT2D eigenvalue weighted by Gasteiger charge is 2.26. The summed E-state index contributed by atoms with van der Waals surface area (Å²) in [5.74, 6) is 0. The van der Waals surface area contributed by atoms with E-state index in [2.05, 4.69) is 0 Å². The zero-order valence-corrected chi connectivity index (χ0v) is 13.4. The van der Waals surface area contributed by atoms with Crippen LogP contribution in [0.1, 0.15) is 52.9 Å². The highest BCUT2D eigenvalue weighted by molar-refractivity contribution is 8.17. The van der Waals surface area contributed by atoms with E-state index >= 15 is 0 Å². The van der Waals surface area contributed by atoms with Crippen LogP contribution in [0.4, 0.5) is 4.79 Å². The van der Waals surface area contributed by atoms with Gasteiger partial charge in [-0.2, -0.15) is 0 Å². The van der Waals surface area contributed by atoms with Gasteiger partial charge in [0.25, 0.3) is 0 Å². The molecule has 0 unspecified atom stereocenters. The summed E-state index contributed by atoms with van der Waals surface area (Å²) in [7, 11) is 0. The van der Waals surface area contributed by atoms with Crippen molar-refractivity contribution < 1.29 is 9.53 Å². The third-order valence-electron chi connectivity index (χ3n) is 3.47. The van der Waals surface area contributed by atoms with E-state index in [0.29, 0.717) is 6.54 Å². The molecule has 5 heteroatoms. The van der Waals surface area contributed by atoms with Gasteiger partial charge in [-0.15, -0.1) is 0 Å². The molecule has 0 atom stereocenters. The lowest BCUT2D eigenvalue weighted by Gasteiger charge is -2.26. The Morgan fingerprint density at radius 2 is 1.90 bits per heavy atom. The lowest BCUT2D eigenvalue weighted by molar-refractivity contribution is 0.0258. The SMILES string of the molecule is CC(C)(C)OC(=O)N1CCC2=C(CC1)SC(=N)CCC2. The minimum atomic E-state index is -0.440. The average Bonchev–Trinajstić information content (AvgIpc) is 2.59. The molecule has 0 aliphatic carbocycles. The topological polar surface area (TPSA) is 53.4 Å². The van der Waals surface area contributed by atoms with Crippen molar-refractivity contribution in [1.82, 2.24) is 4.90 Å². The quantitative estimate of drug-likeness (QED) is 0.730. The maximum atomic E-state index is 12.1. The minimum absolute atomic E-state index is 0.213. The van der Waals surface area contributed by atoms with Crippen molar-refractivity contribution in [3.05, 3.63) is 10.5 Å². The molecule has 20 heavy (non-hydrogen) atoms. The van der Waals surface area contributed by atoms with Crippen LogP contribution >= 0.6 is 11.8 Å². The first-order valence-corrected chi connectivity index (χ1v) is 8.11. The third kappa shape index (κ3) is 4.27. The molecule has 2 aliphatic heterocycles. The van der Waals surface area contributed by atoms with Crippen molar-refractivity contribution in [3.63, 3.8) is 0 Å². The van der Waals surface area contributed by atoms with E-state index < -0.39 is 5.60 Å². The van der Waals surface area contributed by atoms with Crippen molar-refractivity contribution >= 4 is 22.9 Å². The van der Waals surface area contributed by atoms with Gasteiger partial charge in [0.15, 0.2) is 0 Å². The van der Waals surface area contributed by atoms with Gasteiger partial charge in [-0.25, -0.2) is 4.79 Å². The first-order chi connectivity index (χ1) is 9.35. The summed E-state index contributed by atoms with van der Waals surface area (Å²) in [6.45, 7) is 7.13. The number of rotatable bonds is 0. The van der Waals surface area contributed by atoms with E-state index in [9.17, 15) is 4.79 Å². The molecule has 4 nitrogen and oxygen atoms in total. The lowest BCUT2D eigenvalue weighted by atomic mass is 10.1. The fourth-order valence-electron chi connectivity index (χ4n) is 2.49. The summed E-state index contributed by atoms with van der Waals surface area (Å²) in [4.78, 5) is 15.3. The second-order valence-electron chi connectivity index (χ2n) is 6.37. The van der Waals surface area contributed by atoms with Crippen molar-refractivity contribution in [2.24, 2.45) is 0 Å². The second kappa shape index (κ2) is 6.20. The number of hydrogen-bond donors (Lipinski definition) is 1. The number of nitrogens with one attached hydrogen (secondary N) is 1. The number of nitrogens with zero attached hydrogens (tertiary/aromatic N) is 1. The molecule has 1 N–H and O–H groups in total. The fraction of sp³-hybridized carbons (Fsp3) is 0.733. The van der Waals surface area contributed by atoms with Gasteiger partial charge in [-0.3, -0.25) is 5.41 Å². The zero-order chi connectivity index (χ0) is 14.8. The monoisotopic (exact) mass is 296 g/mol. The molecule has 0 aromatic heterocycles. The van der Waals surface area contributed by atoms with Gasteiger partial charge >= 0.3 is 6.09 Å². The highest BCUT2D eigenvalue weighted by Crippen LogP contribution is 2.35.